The van der Waals surface area contributed by atoms with E-state index in [1.807, 2.05) is 12.1 Å². The number of para-hydroxylation sites is 1. The lowest BCUT2D eigenvalue weighted by Crippen LogP contribution is -2.40. The summed E-state index contributed by atoms with van der Waals surface area (Å²) in [5, 5.41) is 9.43. The van der Waals surface area contributed by atoms with Crippen LogP contribution in [0.25, 0.3) is 16.6 Å². The van der Waals surface area contributed by atoms with Gasteiger partial charge in [0.15, 0.2) is 0 Å². The quantitative estimate of drug-likeness (QED) is 0.792. The number of carboxylic acids is 1. The Kier molecular flexibility index (Phi) is 4.27. The van der Waals surface area contributed by atoms with E-state index in [9.17, 15) is 14.4 Å². The fraction of sp³-hybridized carbons (Fsp3) is 0.211. The molecule has 0 fully saturated rings. The van der Waals surface area contributed by atoms with Crippen molar-refractivity contribution in [2.24, 2.45) is 0 Å². The lowest BCUT2D eigenvalue weighted by Gasteiger charge is -2.13. The van der Waals surface area contributed by atoms with Crippen LogP contribution in [0.3, 0.4) is 0 Å². The number of benzene rings is 2. The summed E-state index contributed by atoms with van der Waals surface area (Å²) < 4.78 is 2.13. The molecule has 6 heteroatoms. The second-order valence-corrected chi connectivity index (χ2v) is 6.17. The molecule has 0 aliphatic heterocycles. The van der Waals surface area contributed by atoms with Crippen molar-refractivity contribution in [2.45, 2.75) is 26.3 Å². The van der Waals surface area contributed by atoms with Gasteiger partial charge in [-0.05, 0) is 35.7 Å². The van der Waals surface area contributed by atoms with Crippen LogP contribution in [0.1, 0.15) is 25.3 Å². The molecule has 0 radical (unpaired) electrons. The Morgan fingerprint density at radius 2 is 1.68 bits per heavy atom. The molecule has 6 nitrogen and oxygen atoms in total. The molecule has 1 heterocycles. The van der Waals surface area contributed by atoms with Crippen molar-refractivity contribution in [3.8, 4) is 5.69 Å². The van der Waals surface area contributed by atoms with Gasteiger partial charge in [0.25, 0.3) is 5.56 Å². The Hall–Kier alpha value is -3.15. The third kappa shape index (κ3) is 2.98. The highest BCUT2D eigenvalue weighted by Crippen LogP contribution is 2.16. The number of aromatic nitrogens is 2. The molecular formula is C19H18N2O4. The Bertz CT molecular complexity index is 1060. The monoisotopic (exact) mass is 338 g/mol. The zero-order valence-electron chi connectivity index (χ0n) is 14.0. The SMILES string of the molecule is CC(C)c1ccc(-n2c(=O)c3ccccc3n(CC(=O)O)c2=O)cc1. The summed E-state index contributed by atoms with van der Waals surface area (Å²) in [5.74, 6) is -0.821. The van der Waals surface area contributed by atoms with Crippen LogP contribution in [-0.4, -0.2) is 20.2 Å². The van der Waals surface area contributed by atoms with Crippen LogP contribution in [0, 0.1) is 0 Å². The summed E-state index contributed by atoms with van der Waals surface area (Å²) in [6.07, 6.45) is 0. The van der Waals surface area contributed by atoms with E-state index in [0.29, 0.717) is 22.5 Å². The average molecular weight is 338 g/mol. The van der Waals surface area contributed by atoms with Gasteiger partial charge < -0.3 is 5.11 Å². The highest BCUT2D eigenvalue weighted by molar-refractivity contribution is 5.80. The van der Waals surface area contributed by atoms with Crippen LogP contribution < -0.4 is 11.2 Å². The normalized spacial score (nSPS) is 11.2. The summed E-state index contributed by atoms with van der Waals surface area (Å²) in [6.45, 7) is 3.60. The lowest BCUT2D eigenvalue weighted by atomic mass is 10.0. The fourth-order valence-electron chi connectivity index (χ4n) is 2.84. The minimum atomic E-state index is -1.15. The molecule has 128 valence electrons. The van der Waals surface area contributed by atoms with Crippen molar-refractivity contribution in [1.29, 1.82) is 0 Å². The van der Waals surface area contributed by atoms with Crippen molar-refractivity contribution in [1.82, 2.24) is 9.13 Å². The summed E-state index contributed by atoms with van der Waals surface area (Å²) in [6, 6.07) is 13.7. The highest BCUT2D eigenvalue weighted by Gasteiger charge is 2.16. The molecule has 0 saturated carbocycles. The number of carbonyl (C=O) groups is 1. The van der Waals surface area contributed by atoms with Crippen LogP contribution in [0.15, 0.2) is 58.1 Å². The molecule has 0 aliphatic carbocycles. The van der Waals surface area contributed by atoms with Crippen molar-refractivity contribution < 1.29 is 9.90 Å². The van der Waals surface area contributed by atoms with Crippen LogP contribution in [0.4, 0.5) is 0 Å². The average Bonchev–Trinajstić information content (AvgIpc) is 2.59. The van der Waals surface area contributed by atoms with Gasteiger partial charge in [0.05, 0.1) is 16.6 Å². The third-order valence-electron chi connectivity index (χ3n) is 4.16. The first-order valence-corrected chi connectivity index (χ1v) is 7.97. The van der Waals surface area contributed by atoms with Gasteiger partial charge in [-0.2, -0.15) is 0 Å². The van der Waals surface area contributed by atoms with Crippen molar-refractivity contribution in [3.63, 3.8) is 0 Å². The Morgan fingerprint density at radius 1 is 1.04 bits per heavy atom. The van der Waals surface area contributed by atoms with Gasteiger partial charge in [-0.15, -0.1) is 0 Å². The predicted octanol–water partition coefficient (Wildman–Crippen LogP) is 2.36. The van der Waals surface area contributed by atoms with E-state index in [4.69, 9.17) is 5.11 Å². The molecule has 0 unspecified atom stereocenters. The number of carboxylic acid groups (broad SMARTS) is 1. The zero-order chi connectivity index (χ0) is 18.1. The fourth-order valence-corrected chi connectivity index (χ4v) is 2.84. The first-order chi connectivity index (χ1) is 11.9. The van der Waals surface area contributed by atoms with Crippen molar-refractivity contribution >= 4 is 16.9 Å². The molecule has 0 amide bonds. The second-order valence-electron chi connectivity index (χ2n) is 6.17. The number of hydrogen-bond donors (Lipinski definition) is 1. The van der Waals surface area contributed by atoms with Gasteiger partial charge in [-0.3, -0.25) is 14.2 Å². The van der Waals surface area contributed by atoms with Crippen molar-refractivity contribution in [3.05, 3.63) is 74.9 Å². The Balaban J connectivity index is 2.33. The maximum atomic E-state index is 12.8. The predicted molar refractivity (Wildman–Crippen MR) is 95.5 cm³/mol. The Labute approximate surface area is 143 Å². The largest absolute Gasteiger partial charge is 0.480 e. The maximum Gasteiger partial charge on any atom is 0.336 e. The minimum absolute atomic E-state index is 0.302. The van der Waals surface area contributed by atoms with Crippen LogP contribution >= 0.6 is 0 Å². The van der Waals surface area contributed by atoms with E-state index >= 15 is 0 Å². The van der Waals surface area contributed by atoms with E-state index < -0.39 is 23.8 Å². The van der Waals surface area contributed by atoms with Crippen molar-refractivity contribution in [2.75, 3.05) is 0 Å². The summed E-state index contributed by atoms with van der Waals surface area (Å²) in [5.41, 5.74) is 0.700. The number of aliphatic carboxylic acids is 1. The van der Waals surface area contributed by atoms with Crippen LogP contribution in [0.5, 0.6) is 0 Å². The molecular weight excluding hydrogens is 320 g/mol. The summed E-state index contributed by atoms with van der Waals surface area (Å²) in [7, 11) is 0. The van der Waals surface area contributed by atoms with Gasteiger partial charge in [0.2, 0.25) is 0 Å². The lowest BCUT2D eigenvalue weighted by molar-refractivity contribution is -0.137. The summed E-state index contributed by atoms with van der Waals surface area (Å²) in [4.78, 5) is 36.8. The molecule has 1 N–H and O–H groups in total. The molecule has 2 aromatic carbocycles. The molecule has 0 aliphatic rings. The molecule has 0 bridgehead atoms. The van der Waals surface area contributed by atoms with Gasteiger partial charge >= 0.3 is 11.7 Å². The smallest absolute Gasteiger partial charge is 0.336 e. The molecule has 3 aromatic rings. The molecule has 25 heavy (non-hydrogen) atoms. The maximum absolute atomic E-state index is 12.8. The van der Waals surface area contributed by atoms with Gasteiger partial charge in [-0.25, -0.2) is 9.36 Å². The summed E-state index contributed by atoms with van der Waals surface area (Å²) >= 11 is 0. The van der Waals surface area contributed by atoms with Gasteiger partial charge in [0, 0.05) is 0 Å². The van der Waals surface area contributed by atoms with E-state index in [0.717, 1.165) is 14.7 Å². The molecule has 1 aromatic heterocycles. The van der Waals surface area contributed by atoms with E-state index in [2.05, 4.69) is 13.8 Å². The molecule has 0 spiro atoms. The second kappa shape index (κ2) is 6.39. The Morgan fingerprint density at radius 3 is 2.28 bits per heavy atom. The third-order valence-corrected chi connectivity index (χ3v) is 4.16. The topological polar surface area (TPSA) is 81.3 Å². The first kappa shape index (κ1) is 16.7. The van der Waals surface area contributed by atoms with Gasteiger partial charge in [-0.1, -0.05) is 38.1 Å². The first-order valence-electron chi connectivity index (χ1n) is 7.97. The number of rotatable bonds is 4. The van der Waals surface area contributed by atoms with E-state index in [1.165, 1.54) is 0 Å². The van der Waals surface area contributed by atoms with Crippen LogP contribution in [-0.2, 0) is 11.3 Å². The minimum Gasteiger partial charge on any atom is -0.480 e. The number of hydrogen-bond acceptors (Lipinski definition) is 3. The molecule has 3 rings (SSSR count). The van der Waals surface area contributed by atoms with Gasteiger partial charge in [0.1, 0.15) is 6.54 Å². The number of fused-ring (bicyclic) bond motifs is 1. The molecule has 0 atom stereocenters. The van der Waals surface area contributed by atoms with E-state index in [-0.39, 0.29) is 0 Å². The van der Waals surface area contributed by atoms with E-state index in [1.54, 1.807) is 36.4 Å². The molecule has 0 saturated heterocycles. The highest BCUT2D eigenvalue weighted by atomic mass is 16.4. The van der Waals surface area contributed by atoms with Crippen LogP contribution in [0.2, 0.25) is 0 Å². The number of nitrogens with zero attached hydrogens (tertiary/aromatic N) is 2. The standard InChI is InChI=1S/C19H18N2O4/c1-12(2)13-7-9-14(10-8-13)21-18(24)15-5-3-4-6-16(15)20(19(21)25)11-17(22)23/h3-10,12H,11H2,1-2H3,(H,22,23). The zero-order valence-corrected chi connectivity index (χ0v) is 14.0.